The topological polar surface area (TPSA) is 0 Å². The van der Waals surface area contributed by atoms with Crippen LogP contribution in [0.1, 0.15) is 19.8 Å². The van der Waals surface area contributed by atoms with Crippen LogP contribution >= 0.6 is 0 Å². The summed E-state index contributed by atoms with van der Waals surface area (Å²) >= 11 is -0.533. The van der Waals surface area contributed by atoms with Crippen LogP contribution in [0, 0.1) is 0 Å². The van der Waals surface area contributed by atoms with Crippen LogP contribution in [-0.4, -0.2) is 25.4 Å². The molecule has 10 heavy (non-hydrogen) atoms. The molecule has 60 valence electrons. The second kappa shape index (κ2) is 2.42. The zero-order chi connectivity index (χ0) is 7.83. The molecule has 0 spiro atoms. The Morgan fingerprint density at radius 2 is 1.90 bits per heavy atom. The van der Waals surface area contributed by atoms with Crippen molar-refractivity contribution in [2.75, 3.05) is 0 Å². The van der Waals surface area contributed by atoms with Crippen molar-refractivity contribution in [2.45, 2.75) is 35.6 Å². The molecule has 0 saturated carbocycles. The third-order valence-electron chi connectivity index (χ3n) is 1.66. The van der Waals surface area contributed by atoms with Crippen LogP contribution in [0.4, 0.5) is 13.2 Å². The van der Waals surface area contributed by atoms with Gasteiger partial charge >= 0.3 is 63.7 Å². The molecule has 0 N–H and O–H groups in total. The second-order valence-electron chi connectivity index (χ2n) is 2.57. The molecule has 0 radical (unpaired) electrons. The van der Waals surface area contributed by atoms with Gasteiger partial charge in [0, 0.05) is 0 Å². The van der Waals surface area contributed by atoms with Gasteiger partial charge in [-0.25, -0.2) is 0 Å². The minimum atomic E-state index is -3.06. The summed E-state index contributed by atoms with van der Waals surface area (Å²) < 4.78 is 36.0. The molecular formula is C6H9F3Se. The Labute approximate surface area is 64.3 Å². The Hall–Kier alpha value is 0.309. The Kier molecular flexibility index (Phi) is 2.03. The predicted molar refractivity (Wildman–Crippen MR) is 34.3 cm³/mol. The maximum atomic E-state index is 12.9. The van der Waals surface area contributed by atoms with Gasteiger partial charge in [-0.2, -0.15) is 0 Å². The average molecular weight is 217 g/mol. The molecule has 4 heteroatoms. The van der Waals surface area contributed by atoms with Crippen LogP contribution in [0.2, 0.25) is 5.32 Å². The van der Waals surface area contributed by atoms with Crippen molar-refractivity contribution >= 4 is 15.0 Å². The summed E-state index contributed by atoms with van der Waals surface area (Å²) in [7, 11) is 0. The molecule has 1 fully saturated rings. The molecule has 1 aliphatic heterocycles. The van der Waals surface area contributed by atoms with Gasteiger partial charge in [-0.1, -0.05) is 0 Å². The second-order valence-corrected chi connectivity index (χ2v) is 5.64. The molecule has 1 heterocycles. The van der Waals surface area contributed by atoms with Crippen LogP contribution in [0.15, 0.2) is 0 Å². The van der Waals surface area contributed by atoms with Crippen LogP contribution in [0.5, 0.6) is 0 Å². The van der Waals surface area contributed by atoms with E-state index in [2.05, 4.69) is 0 Å². The van der Waals surface area contributed by atoms with Crippen LogP contribution in [-0.2, 0) is 0 Å². The fourth-order valence-electron chi connectivity index (χ4n) is 0.887. The first kappa shape index (κ1) is 8.41. The van der Waals surface area contributed by atoms with Gasteiger partial charge in [-0.3, -0.25) is 0 Å². The fourth-order valence-corrected chi connectivity index (χ4v) is 2.95. The van der Waals surface area contributed by atoms with Crippen molar-refractivity contribution < 1.29 is 13.2 Å². The summed E-state index contributed by atoms with van der Waals surface area (Å²) in [6.07, 6.45) is 0.203. The number of rotatable bonds is 0. The van der Waals surface area contributed by atoms with E-state index in [0.29, 0.717) is 11.7 Å². The first-order chi connectivity index (χ1) is 4.46. The molecule has 0 bridgehead atoms. The zero-order valence-electron chi connectivity index (χ0n) is 5.66. The predicted octanol–water partition coefficient (Wildman–Crippen LogP) is 2.22. The van der Waals surface area contributed by atoms with E-state index in [9.17, 15) is 13.2 Å². The Morgan fingerprint density at radius 1 is 1.30 bits per heavy atom. The van der Waals surface area contributed by atoms with Gasteiger partial charge in [0.05, 0.1) is 0 Å². The summed E-state index contributed by atoms with van der Waals surface area (Å²) in [5.41, 5.74) is 0. The van der Waals surface area contributed by atoms with E-state index in [4.69, 9.17) is 0 Å². The van der Waals surface area contributed by atoms with Crippen molar-refractivity contribution in [2.24, 2.45) is 0 Å². The average Bonchev–Trinajstić information content (AvgIpc) is 1.77. The third kappa shape index (κ3) is 1.32. The standard InChI is InChI=1S/C6H9F3Se/c1-5(7)6(8,9)3-2-4-10-5/h2-4H2,1H3. The van der Waals surface area contributed by atoms with Crippen LogP contribution < -0.4 is 0 Å². The van der Waals surface area contributed by atoms with Gasteiger partial charge in [-0.05, 0) is 0 Å². The van der Waals surface area contributed by atoms with Crippen LogP contribution in [0.3, 0.4) is 0 Å². The Bertz CT molecular complexity index is 117. The van der Waals surface area contributed by atoms with Crippen molar-refractivity contribution in [3.63, 3.8) is 0 Å². The van der Waals surface area contributed by atoms with Crippen molar-refractivity contribution in [1.29, 1.82) is 0 Å². The Morgan fingerprint density at radius 3 is 2.20 bits per heavy atom. The first-order valence-corrected chi connectivity index (χ1v) is 5.23. The fraction of sp³-hybridized carbons (Fsp3) is 1.00. The van der Waals surface area contributed by atoms with E-state index < -0.39 is 25.4 Å². The van der Waals surface area contributed by atoms with Gasteiger partial charge in [0.25, 0.3) is 0 Å². The molecule has 1 saturated heterocycles. The first-order valence-electron chi connectivity index (χ1n) is 3.16. The van der Waals surface area contributed by atoms with Crippen molar-refractivity contribution in [3.8, 4) is 0 Å². The molecule has 0 nitrogen and oxygen atoms in total. The summed E-state index contributed by atoms with van der Waals surface area (Å²) in [6, 6.07) is 0. The van der Waals surface area contributed by atoms with Gasteiger partial charge in [0.2, 0.25) is 0 Å². The van der Waals surface area contributed by atoms with Gasteiger partial charge in [0.1, 0.15) is 0 Å². The normalized spacial score (nSPS) is 39.6. The molecule has 0 aromatic carbocycles. The SMILES string of the molecule is CC1(F)[Se]CCCC1(F)F. The molecular weight excluding hydrogens is 208 g/mol. The van der Waals surface area contributed by atoms with Gasteiger partial charge in [-0.15, -0.1) is 0 Å². The summed E-state index contributed by atoms with van der Waals surface area (Å²) in [4.78, 5) is 0. The monoisotopic (exact) mass is 218 g/mol. The zero-order valence-corrected chi connectivity index (χ0v) is 7.38. The van der Waals surface area contributed by atoms with Gasteiger partial charge < -0.3 is 0 Å². The molecule has 1 atom stereocenters. The minimum absolute atomic E-state index is 0.276. The van der Waals surface area contributed by atoms with E-state index in [1.54, 1.807) is 0 Å². The quantitative estimate of drug-likeness (QED) is 0.546. The summed E-state index contributed by atoms with van der Waals surface area (Å²) in [6.45, 7) is 1.02. The summed E-state index contributed by atoms with van der Waals surface area (Å²) in [5, 5.41) is 0.648. The van der Waals surface area contributed by atoms with Crippen molar-refractivity contribution in [3.05, 3.63) is 0 Å². The number of halogens is 3. The van der Waals surface area contributed by atoms with E-state index in [-0.39, 0.29) is 6.42 Å². The molecule has 1 rings (SSSR count). The molecule has 1 unspecified atom stereocenters. The van der Waals surface area contributed by atoms with E-state index in [1.165, 1.54) is 0 Å². The number of hydrogen-bond acceptors (Lipinski definition) is 0. The Balaban J connectivity index is 2.70. The van der Waals surface area contributed by atoms with Gasteiger partial charge in [0.15, 0.2) is 0 Å². The van der Waals surface area contributed by atoms with E-state index >= 15 is 0 Å². The number of alkyl halides is 3. The molecule has 0 amide bonds. The summed E-state index contributed by atoms with van der Waals surface area (Å²) in [5.74, 6) is -3.06. The number of hydrogen-bond donors (Lipinski definition) is 0. The molecule has 0 aromatic rings. The molecule has 0 aliphatic carbocycles. The molecule has 1 aliphatic rings. The van der Waals surface area contributed by atoms with E-state index in [0.717, 1.165) is 6.92 Å². The maximum absolute atomic E-state index is 12.9. The van der Waals surface area contributed by atoms with E-state index in [1.807, 2.05) is 0 Å². The van der Waals surface area contributed by atoms with Crippen LogP contribution in [0.25, 0.3) is 0 Å². The van der Waals surface area contributed by atoms with Crippen molar-refractivity contribution in [1.82, 2.24) is 0 Å². The third-order valence-corrected chi connectivity index (χ3v) is 4.46. The molecule has 0 aromatic heterocycles.